The summed E-state index contributed by atoms with van der Waals surface area (Å²) in [6.07, 6.45) is 1.79. The van der Waals surface area contributed by atoms with Crippen LogP contribution in [0, 0.1) is 0 Å². The summed E-state index contributed by atoms with van der Waals surface area (Å²) >= 11 is 19.6. The molecule has 0 spiro atoms. The van der Waals surface area contributed by atoms with Crippen molar-refractivity contribution in [3.63, 3.8) is 0 Å². The van der Waals surface area contributed by atoms with Crippen molar-refractivity contribution in [2.24, 2.45) is 0 Å². The van der Waals surface area contributed by atoms with Crippen LogP contribution in [0.15, 0.2) is 11.1 Å². The van der Waals surface area contributed by atoms with Gasteiger partial charge in [0.15, 0.2) is 0 Å². The molecule has 0 nitrogen and oxygen atoms in total. The molecule has 0 heterocycles. The van der Waals surface area contributed by atoms with Crippen LogP contribution in [0.4, 0.5) is 0 Å². The van der Waals surface area contributed by atoms with E-state index in [1.54, 1.807) is 11.1 Å². The minimum Gasteiger partial charge on any atom is -0.126 e. The van der Waals surface area contributed by atoms with E-state index in [4.69, 9.17) is 33.2 Å². The summed E-state index contributed by atoms with van der Waals surface area (Å²) in [5.41, 5.74) is 0. The Kier molecular flexibility index (Phi) is 4.86. The minimum absolute atomic E-state index is 0.572. The van der Waals surface area contributed by atoms with Gasteiger partial charge < -0.3 is 0 Å². The highest BCUT2D eigenvalue weighted by molar-refractivity contribution is 9.11. The largest absolute Gasteiger partial charge is 0.344 e. The lowest BCUT2D eigenvalue weighted by atomic mass is 10.8. The lowest BCUT2D eigenvalue weighted by molar-refractivity contribution is 1.72. The van der Waals surface area contributed by atoms with E-state index < -0.39 is 6.00 Å². The smallest absolute Gasteiger partial charge is 0.126 e. The molecule has 0 aromatic heterocycles. The molecule has 0 saturated heterocycles. The van der Waals surface area contributed by atoms with Crippen LogP contribution in [0.2, 0.25) is 6.04 Å². The molecule has 0 radical (unpaired) electrons. The summed E-state index contributed by atoms with van der Waals surface area (Å²) < 4.78 is 0. The molecule has 0 aliphatic rings. The quantitative estimate of drug-likeness (QED) is 0.522. The maximum Gasteiger partial charge on any atom is 0.344 e. The molecule has 48 valence electrons. The highest BCUT2D eigenvalue weighted by Gasteiger charge is 2.21. The van der Waals surface area contributed by atoms with Gasteiger partial charge in [0, 0.05) is 6.04 Å². The fraction of sp³-hybridized carbons (Fsp3) is 0.333. The lowest BCUT2D eigenvalue weighted by Gasteiger charge is -1.99. The molecular formula is C3H4BrCl3Si. The van der Waals surface area contributed by atoms with E-state index in [-0.39, 0.29) is 0 Å². The first kappa shape index (κ1) is 9.31. The van der Waals surface area contributed by atoms with Crippen molar-refractivity contribution < 1.29 is 0 Å². The van der Waals surface area contributed by atoms with E-state index in [1.165, 1.54) is 0 Å². The molecule has 0 N–H and O–H groups in total. The number of halogens is 4. The second-order valence-electron chi connectivity index (χ2n) is 1.18. The van der Waals surface area contributed by atoms with Gasteiger partial charge in [0.05, 0.1) is 0 Å². The Bertz CT molecular complexity index is 87.0. The van der Waals surface area contributed by atoms with Crippen molar-refractivity contribution in [2.45, 2.75) is 6.04 Å². The molecule has 0 saturated carbocycles. The van der Waals surface area contributed by atoms with Gasteiger partial charge in [-0.05, 0) is 4.99 Å². The van der Waals surface area contributed by atoms with Crippen LogP contribution in [-0.2, 0) is 0 Å². The number of rotatable bonds is 2. The second-order valence-corrected chi connectivity index (χ2v) is 10.9. The number of hydrogen-bond acceptors (Lipinski definition) is 0. The predicted octanol–water partition coefficient (Wildman–Crippen LogP) is 3.55. The van der Waals surface area contributed by atoms with E-state index in [1.807, 2.05) is 0 Å². The molecule has 0 aromatic carbocycles. The summed E-state index contributed by atoms with van der Waals surface area (Å²) in [4.78, 5) is 1.70. The lowest BCUT2D eigenvalue weighted by Crippen LogP contribution is -2.05. The zero-order chi connectivity index (χ0) is 6.62. The van der Waals surface area contributed by atoms with Gasteiger partial charge in [0.25, 0.3) is 0 Å². The van der Waals surface area contributed by atoms with Gasteiger partial charge in [-0.15, -0.1) is 33.2 Å². The van der Waals surface area contributed by atoms with Crippen molar-refractivity contribution in [1.29, 1.82) is 0 Å². The standard InChI is InChI=1S/C3H4BrCl3Si/c4-2-1-3-8(5,6)7/h1-2H,3H2/b2-1-. The van der Waals surface area contributed by atoms with Gasteiger partial charge in [-0.3, -0.25) is 0 Å². The van der Waals surface area contributed by atoms with E-state index in [9.17, 15) is 0 Å². The fourth-order valence-electron chi connectivity index (χ4n) is 0.178. The molecule has 5 heteroatoms. The van der Waals surface area contributed by atoms with E-state index in [0.717, 1.165) is 0 Å². The van der Waals surface area contributed by atoms with Gasteiger partial charge >= 0.3 is 6.00 Å². The normalized spacial score (nSPS) is 13.0. The van der Waals surface area contributed by atoms with Crippen molar-refractivity contribution >= 4 is 55.2 Å². The first-order chi connectivity index (χ1) is 3.56. The van der Waals surface area contributed by atoms with Crippen molar-refractivity contribution in [3.8, 4) is 0 Å². The first-order valence-electron chi connectivity index (χ1n) is 1.88. The third kappa shape index (κ3) is 7.31. The van der Waals surface area contributed by atoms with Gasteiger partial charge in [0.2, 0.25) is 0 Å². The third-order valence-corrected chi connectivity index (χ3v) is 2.90. The molecule has 0 atom stereocenters. The zero-order valence-electron chi connectivity index (χ0n) is 3.87. The Labute approximate surface area is 72.1 Å². The van der Waals surface area contributed by atoms with Crippen LogP contribution in [0.3, 0.4) is 0 Å². The van der Waals surface area contributed by atoms with E-state index >= 15 is 0 Å². The SMILES string of the molecule is Cl[Si](Cl)(Cl)C/C=C\Br. The second kappa shape index (κ2) is 4.17. The van der Waals surface area contributed by atoms with Crippen molar-refractivity contribution in [2.75, 3.05) is 0 Å². The summed E-state index contributed by atoms with van der Waals surface area (Å²) in [6, 6.07) is -1.81. The summed E-state index contributed by atoms with van der Waals surface area (Å²) in [5.74, 6) is 0. The monoisotopic (exact) mass is 252 g/mol. The van der Waals surface area contributed by atoms with Crippen LogP contribution in [0.5, 0.6) is 0 Å². The molecule has 0 unspecified atom stereocenters. The van der Waals surface area contributed by atoms with E-state index in [0.29, 0.717) is 6.04 Å². The van der Waals surface area contributed by atoms with E-state index in [2.05, 4.69) is 15.9 Å². The van der Waals surface area contributed by atoms with Crippen molar-refractivity contribution in [3.05, 3.63) is 11.1 Å². The molecule has 8 heavy (non-hydrogen) atoms. The molecule has 0 bridgehead atoms. The van der Waals surface area contributed by atoms with Crippen LogP contribution in [-0.4, -0.2) is 6.00 Å². The average Bonchev–Trinajstić information content (AvgIpc) is 1.59. The molecule has 0 aromatic rings. The Morgan fingerprint density at radius 2 is 1.88 bits per heavy atom. The van der Waals surface area contributed by atoms with Gasteiger partial charge in [0.1, 0.15) is 0 Å². The molecule has 0 fully saturated rings. The van der Waals surface area contributed by atoms with Crippen LogP contribution < -0.4 is 0 Å². The molecule has 0 aliphatic heterocycles. The summed E-state index contributed by atoms with van der Waals surface area (Å²) in [7, 11) is 0. The van der Waals surface area contributed by atoms with Crippen LogP contribution >= 0.6 is 49.2 Å². The highest BCUT2D eigenvalue weighted by atomic mass is 79.9. The Hall–Kier alpha value is 1.31. The van der Waals surface area contributed by atoms with Gasteiger partial charge in [-0.25, -0.2) is 0 Å². The Balaban J connectivity index is 3.39. The predicted molar refractivity (Wildman–Crippen MR) is 46.2 cm³/mol. The average molecular weight is 254 g/mol. The Morgan fingerprint density at radius 1 is 1.38 bits per heavy atom. The molecule has 0 aliphatic carbocycles. The third-order valence-electron chi connectivity index (χ3n) is 0.438. The van der Waals surface area contributed by atoms with Crippen LogP contribution in [0.25, 0.3) is 0 Å². The van der Waals surface area contributed by atoms with Crippen LogP contribution in [0.1, 0.15) is 0 Å². The van der Waals surface area contributed by atoms with Crippen molar-refractivity contribution in [1.82, 2.24) is 0 Å². The molecule has 0 rings (SSSR count). The summed E-state index contributed by atoms with van der Waals surface area (Å²) in [6.45, 7) is 0. The summed E-state index contributed by atoms with van der Waals surface area (Å²) in [5, 5.41) is 0. The minimum atomic E-state index is -2.38. The fourth-order valence-corrected chi connectivity index (χ4v) is 1.90. The topological polar surface area (TPSA) is 0 Å². The molecular weight excluding hydrogens is 250 g/mol. The number of allylic oxidation sites excluding steroid dienone is 1. The maximum atomic E-state index is 5.51. The van der Waals surface area contributed by atoms with Gasteiger partial charge in [-0.2, -0.15) is 0 Å². The Morgan fingerprint density at radius 3 is 2.00 bits per heavy atom. The first-order valence-corrected chi connectivity index (χ1v) is 8.04. The maximum absolute atomic E-state index is 5.51. The molecule has 0 amide bonds. The van der Waals surface area contributed by atoms with Gasteiger partial charge in [-0.1, -0.05) is 22.0 Å². The highest BCUT2D eigenvalue weighted by Crippen LogP contribution is 2.25. The zero-order valence-corrected chi connectivity index (χ0v) is 8.73. The number of hydrogen-bond donors (Lipinski definition) is 0.